The van der Waals surface area contributed by atoms with Gasteiger partial charge in [0.15, 0.2) is 11.5 Å². The minimum Gasteiger partial charge on any atom is -0.493 e. The third-order valence-corrected chi connectivity index (χ3v) is 9.91. The monoisotopic (exact) mass is 621 g/mol. The highest BCUT2D eigenvalue weighted by Crippen LogP contribution is 2.32. The van der Waals surface area contributed by atoms with Crippen LogP contribution in [0.5, 0.6) is 11.5 Å². The Morgan fingerprint density at radius 2 is 1.45 bits per heavy atom. The number of rotatable bonds is 12. The molecular weight excluding hydrogens is 578 g/mol. The number of carbonyl (C=O) groups excluding carboxylic acids is 2. The van der Waals surface area contributed by atoms with E-state index in [-0.39, 0.29) is 29.1 Å². The second-order valence-electron chi connectivity index (χ2n) is 11.4. The molecule has 4 rings (SSSR count). The fraction of sp³-hybridized carbons (Fsp3) is 0.412. The first-order valence-electron chi connectivity index (χ1n) is 15.0. The van der Waals surface area contributed by atoms with Crippen molar-refractivity contribution in [2.75, 3.05) is 25.1 Å². The number of nitrogens with one attached hydrogen (secondary N) is 1. The van der Waals surface area contributed by atoms with Gasteiger partial charge in [0.05, 0.1) is 24.8 Å². The van der Waals surface area contributed by atoms with Gasteiger partial charge in [-0.2, -0.15) is 0 Å². The average molecular weight is 622 g/mol. The van der Waals surface area contributed by atoms with Crippen LogP contribution in [0.1, 0.15) is 55.7 Å². The van der Waals surface area contributed by atoms with Crippen LogP contribution >= 0.6 is 0 Å². The van der Waals surface area contributed by atoms with E-state index in [9.17, 15) is 18.0 Å². The first kappa shape index (κ1) is 32.9. The lowest BCUT2D eigenvalue weighted by molar-refractivity contribution is -0.139. The largest absolute Gasteiger partial charge is 0.493 e. The lowest BCUT2D eigenvalue weighted by Crippen LogP contribution is -2.53. The first-order valence-corrected chi connectivity index (χ1v) is 16.4. The summed E-state index contributed by atoms with van der Waals surface area (Å²) in [5.41, 5.74) is 3.18. The molecule has 0 bridgehead atoms. The Hall–Kier alpha value is -4.05. The predicted octanol–water partition coefficient (Wildman–Crippen LogP) is 5.38. The predicted molar refractivity (Wildman–Crippen MR) is 171 cm³/mol. The highest BCUT2D eigenvalue weighted by Gasteiger charge is 2.33. The molecule has 0 saturated heterocycles. The minimum absolute atomic E-state index is 0.0586. The van der Waals surface area contributed by atoms with E-state index in [4.69, 9.17) is 9.47 Å². The number of ether oxygens (including phenoxy) is 2. The number of hydrogen-bond acceptors (Lipinski definition) is 6. The van der Waals surface area contributed by atoms with Gasteiger partial charge >= 0.3 is 0 Å². The number of hydrogen-bond donors (Lipinski definition) is 1. The van der Waals surface area contributed by atoms with Crippen LogP contribution in [0.2, 0.25) is 0 Å². The Morgan fingerprint density at radius 1 is 0.864 bits per heavy atom. The van der Waals surface area contributed by atoms with Gasteiger partial charge in [-0.25, -0.2) is 8.42 Å². The van der Waals surface area contributed by atoms with E-state index in [0.29, 0.717) is 11.4 Å². The highest BCUT2D eigenvalue weighted by molar-refractivity contribution is 7.92. The molecule has 1 atom stereocenters. The van der Waals surface area contributed by atoms with E-state index < -0.39 is 28.5 Å². The van der Waals surface area contributed by atoms with Crippen molar-refractivity contribution in [1.29, 1.82) is 0 Å². The van der Waals surface area contributed by atoms with E-state index in [1.807, 2.05) is 38.1 Å². The fourth-order valence-electron chi connectivity index (χ4n) is 5.39. The van der Waals surface area contributed by atoms with E-state index in [1.165, 1.54) is 37.3 Å². The van der Waals surface area contributed by atoms with Gasteiger partial charge in [-0.3, -0.25) is 13.9 Å². The maximum absolute atomic E-state index is 14.2. The zero-order valence-corrected chi connectivity index (χ0v) is 27.0. The van der Waals surface area contributed by atoms with Crippen molar-refractivity contribution in [2.24, 2.45) is 0 Å². The highest BCUT2D eigenvalue weighted by atomic mass is 32.2. The van der Waals surface area contributed by atoms with Crippen molar-refractivity contribution in [1.82, 2.24) is 10.2 Å². The number of anilines is 1. The molecule has 3 aromatic carbocycles. The molecule has 2 amide bonds. The Balaban J connectivity index is 1.70. The number of sulfonamides is 1. The second kappa shape index (κ2) is 14.6. The SMILES string of the molecule is COc1ccc(S(=O)(=O)N(CC(=O)N(Cc2ccc(C)cc2)C(C)C(=O)NC2CCCCC2)c2ccc(C)cc2)cc1OC. The molecule has 0 radical (unpaired) electrons. The Labute approximate surface area is 261 Å². The van der Waals surface area contributed by atoms with E-state index >= 15 is 0 Å². The van der Waals surface area contributed by atoms with Gasteiger partial charge in [-0.15, -0.1) is 0 Å². The molecule has 0 aromatic heterocycles. The Bertz CT molecular complexity index is 1530. The summed E-state index contributed by atoms with van der Waals surface area (Å²) in [4.78, 5) is 29.1. The molecule has 0 aliphatic heterocycles. The maximum atomic E-state index is 14.2. The van der Waals surface area contributed by atoms with Gasteiger partial charge in [0.1, 0.15) is 12.6 Å². The standard InChI is InChI=1S/C34H43N3O6S/c1-24-11-15-27(16-12-24)22-36(26(3)34(39)35-28-9-7-6-8-10-28)33(38)23-37(29-17-13-25(2)14-18-29)44(40,41)30-19-20-31(42-4)32(21-30)43-5/h11-21,26,28H,6-10,22-23H2,1-5H3,(H,35,39). The zero-order valence-electron chi connectivity index (χ0n) is 26.2. The number of nitrogens with zero attached hydrogens (tertiary/aromatic N) is 2. The van der Waals surface area contributed by atoms with Crippen molar-refractivity contribution >= 4 is 27.5 Å². The van der Waals surface area contributed by atoms with E-state index in [2.05, 4.69) is 5.32 Å². The molecule has 0 spiro atoms. The fourth-order valence-corrected chi connectivity index (χ4v) is 6.82. The summed E-state index contributed by atoms with van der Waals surface area (Å²) in [6.07, 6.45) is 5.10. The van der Waals surface area contributed by atoms with Crippen molar-refractivity contribution in [3.8, 4) is 11.5 Å². The molecule has 1 fully saturated rings. The van der Waals surface area contributed by atoms with E-state index in [1.54, 1.807) is 31.2 Å². The van der Waals surface area contributed by atoms with Gasteiger partial charge in [0, 0.05) is 18.7 Å². The molecule has 1 N–H and O–H groups in total. The lowest BCUT2D eigenvalue weighted by Gasteiger charge is -2.33. The molecule has 236 valence electrons. The van der Waals surface area contributed by atoms with Gasteiger partial charge in [-0.1, -0.05) is 66.8 Å². The number of amides is 2. The average Bonchev–Trinajstić information content (AvgIpc) is 3.03. The summed E-state index contributed by atoms with van der Waals surface area (Å²) >= 11 is 0. The van der Waals surface area contributed by atoms with Crippen LogP contribution in [0.25, 0.3) is 0 Å². The number of carbonyl (C=O) groups is 2. The van der Waals surface area contributed by atoms with Gasteiger partial charge in [0.25, 0.3) is 10.0 Å². The second-order valence-corrected chi connectivity index (χ2v) is 13.3. The summed E-state index contributed by atoms with van der Waals surface area (Å²) in [6, 6.07) is 18.2. The van der Waals surface area contributed by atoms with Crippen molar-refractivity contribution < 1.29 is 27.5 Å². The van der Waals surface area contributed by atoms with Crippen LogP contribution < -0.4 is 19.1 Å². The van der Waals surface area contributed by atoms with Crippen LogP contribution in [-0.2, 0) is 26.2 Å². The molecule has 9 nitrogen and oxygen atoms in total. The van der Waals surface area contributed by atoms with E-state index in [0.717, 1.165) is 53.1 Å². The molecule has 44 heavy (non-hydrogen) atoms. The molecule has 3 aromatic rings. The first-order chi connectivity index (χ1) is 21.0. The normalized spacial score (nSPS) is 14.4. The summed E-state index contributed by atoms with van der Waals surface area (Å²) in [7, 11) is -1.35. The maximum Gasteiger partial charge on any atom is 0.264 e. The molecule has 0 heterocycles. The van der Waals surface area contributed by atoms with Crippen molar-refractivity contribution in [3.05, 3.63) is 83.4 Å². The number of aryl methyl sites for hydroxylation is 2. The summed E-state index contributed by atoms with van der Waals surface area (Å²) in [5, 5.41) is 3.13. The summed E-state index contributed by atoms with van der Waals surface area (Å²) in [5.74, 6) is -0.118. The summed E-state index contributed by atoms with van der Waals surface area (Å²) in [6.45, 7) is 5.22. The van der Waals surface area contributed by atoms with Crippen LogP contribution in [0.4, 0.5) is 5.69 Å². The van der Waals surface area contributed by atoms with Crippen LogP contribution in [0, 0.1) is 13.8 Å². The topological polar surface area (TPSA) is 105 Å². The third kappa shape index (κ3) is 7.91. The quantitative estimate of drug-likeness (QED) is 0.291. The molecular formula is C34H43N3O6S. The van der Waals surface area contributed by atoms with Gasteiger partial charge in [-0.05, 0) is 63.4 Å². The molecule has 1 aliphatic rings. The number of methoxy groups -OCH3 is 2. The zero-order chi connectivity index (χ0) is 31.9. The molecule has 1 unspecified atom stereocenters. The van der Waals surface area contributed by atoms with Crippen molar-refractivity contribution in [2.45, 2.75) is 76.4 Å². The lowest BCUT2D eigenvalue weighted by atomic mass is 9.95. The Morgan fingerprint density at radius 3 is 2.05 bits per heavy atom. The molecule has 10 heteroatoms. The summed E-state index contributed by atoms with van der Waals surface area (Å²) < 4.78 is 40.1. The third-order valence-electron chi connectivity index (χ3n) is 8.14. The van der Waals surface area contributed by atoms with Crippen LogP contribution in [-0.4, -0.2) is 58.0 Å². The molecule has 1 aliphatic carbocycles. The van der Waals surface area contributed by atoms with Gasteiger partial charge < -0.3 is 19.7 Å². The van der Waals surface area contributed by atoms with Gasteiger partial charge in [0.2, 0.25) is 11.8 Å². The van der Waals surface area contributed by atoms with Crippen LogP contribution in [0.15, 0.2) is 71.6 Å². The van der Waals surface area contributed by atoms with Crippen LogP contribution in [0.3, 0.4) is 0 Å². The van der Waals surface area contributed by atoms with Crippen molar-refractivity contribution in [3.63, 3.8) is 0 Å². The number of benzene rings is 3. The Kier molecular flexibility index (Phi) is 10.9. The smallest absolute Gasteiger partial charge is 0.264 e. The minimum atomic E-state index is -4.25. The molecule has 1 saturated carbocycles.